The van der Waals surface area contributed by atoms with E-state index in [-0.39, 0.29) is 23.0 Å². The number of carbonyl (C=O) groups excluding carboxylic acids is 2. The van der Waals surface area contributed by atoms with Crippen molar-refractivity contribution in [3.05, 3.63) is 59.4 Å². The Labute approximate surface area is 173 Å². The molecule has 2 aromatic carbocycles. The van der Waals surface area contributed by atoms with E-state index in [2.05, 4.69) is 5.32 Å². The number of hydrogen-bond acceptors (Lipinski definition) is 5. The maximum atomic E-state index is 13.1. The number of anilines is 2. The molecule has 158 valence electrons. The molecule has 7 nitrogen and oxygen atoms in total. The Morgan fingerprint density at radius 3 is 2.53 bits per heavy atom. The van der Waals surface area contributed by atoms with E-state index in [1.165, 1.54) is 36.4 Å². The van der Waals surface area contributed by atoms with E-state index in [4.69, 9.17) is 4.74 Å². The minimum absolute atomic E-state index is 0.0205. The fourth-order valence-corrected chi connectivity index (χ4v) is 3.49. The van der Waals surface area contributed by atoms with Gasteiger partial charge in [-0.2, -0.15) is 0 Å². The number of nitrogens with one attached hydrogen (secondary N) is 1. The molecule has 30 heavy (non-hydrogen) atoms. The van der Waals surface area contributed by atoms with E-state index in [0.29, 0.717) is 37.5 Å². The number of benzene rings is 2. The molecule has 0 aliphatic carbocycles. The zero-order valence-electron chi connectivity index (χ0n) is 16.6. The Kier molecular flexibility index (Phi) is 6.66. The zero-order chi connectivity index (χ0) is 21.7. The van der Waals surface area contributed by atoms with E-state index in [9.17, 15) is 23.9 Å². The lowest BCUT2D eigenvalue weighted by Crippen LogP contribution is -2.39. The Hall–Kier alpha value is -3.42. The molecular weight excluding hydrogens is 391 g/mol. The summed E-state index contributed by atoms with van der Waals surface area (Å²) in [6.07, 6.45) is 1.47. The molecule has 1 unspecified atom stereocenters. The molecule has 1 aliphatic heterocycles. The van der Waals surface area contributed by atoms with Gasteiger partial charge in [-0.3, -0.25) is 9.59 Å². The van der Waals surface area contributed by atoms with Gasteiger partial charge in [-0.15, -0.1) is 0 Å². The van der Waals surface area contributed by atoms with Gasteiger partial charge in [0.2, 0.25) is 0 Å². The molecule has 8 heteroatoms. The summed E-state index contributed by atoms with van der Waals surface area (Å²) in [5.41, 5.74) is 1.19. The van der Waals surface area contributed by atoms with Gasteiger partial charge >= 0.3 is 11.9 Å². The average Bonchev–Trinajstić information content (AvgIpc) is 2.74. The molecule has 1 atom stereocenters. The second-order valence-electron chi connectivity index (χ2n) is 7.04. The molecule has 0 spiro atoms. The molecular formula is C22H23FN2O5. The first-order chi connectivity index (χ1) is 14.4. The monoisotopic (exact) mass is 414 g/mol. The van der Waals surface area contributed by atoms with Crippen molar-refractivity contribution in [1.29, 1.82) is 0 Å². The summed E-state index contributed by atoms with van der Waals surface area (Å²) in [5, 5.41) is 12.1. The quantitative estimate of drug-likeness (QED) is 0.702. The SMILES string of the molecule is CCOC(=O)C1CCCN(c2ccc(C(=O)O)cc2NC(=O)c2ccc(F)cc2)C1. The molecule has 0 saturated carbocycles. The molecule has 0 bridgehead atoms. The predicted molar refractivity (Wildman–Crippen MR) is 109 cm³/mol. The zero-order valence-corrected chi connectivity index (χ0v) is 16.6. The van der Waals surface area contributed by atoms with Gasteiger partial charge in [-0.1, -0.05) is 0 Å². The number of nitrogens with zero attached hydrogens (tertiary/aromatic N) is 1. The van der Waals surface area contributed by atoms with Gasteiger partial charge in [0.25, 0.3) is 5.91 Å². The number of halogens is 1. The molecule has 0 aromatic heterocycles. The van der Waals surface area contributed by atoms with Crippen LogP contribution in [-0.2, 0) is 9.53 Å². The first kappa shape index (κ1) is 21.3. The van der Waals surface area contributed by atoms with E-state index >= 15 is 0 Å². The van der Waals surface area contributed by atoms with Gasteiger partial charge < -0.3 is 20.1 Å². The lowest BCUT2D eigenvalue weighted by atomic mass is 9.97. The fraction of sp³-hybridized carbons (Fsp3) is 0.318. The summed E-state index contributed by atoms with van der Waals surface area (Å²) in [7, 11) is 0. The highest BCUT2D eigenvalue weighted by atomic mass is 19.1. The van der Waals surface area contributed by atoms with Crippen LogP contribution in [0.25, 0.3) is 0 Å². The molecule has 1 heterocycles. The molecule has 1 saturated heterocycles. The van der Waals surface area contributed by atoms with E-state index in [1.54, 1.807) is 13.0 Å². The highest BCUT2D eigenvalue weighted by Crippen LogP contribution is 2.32. The first-order valence-corrected chi connectivity index (χ1v) is 9.75. The first-order valence-electron chi connectivity index (χ1n) is 9.75. The smallest absolute Gasteiger partial charge is 0.335 e. The van der Waals surface area contributed by atoms with Gasteiger partial charge in [0.1, 0.15) is 5.82 Å². The van der Waals surface area contributed by atoms with E-state index in [1.807, 2.05) is 4.90 Å². The molecule has 1 aliphatic rings. The van der Waals surface area contributed by atoms with Gasteiger partial charge in [-0.25, -0.2) is 9.18 Å². The van der Waals surface area contributed by atoms with Crippen LogP contribution in [0, 0.1) is 11.7 Å². The summed E-state index contributed by atoms with van der Waals surface area (Å²) < 4.78 is 18.3. The maximum absolute atomic E-state index is 13.1. The van der Waals surface area contributed by atoms with E-state index < -0.39 is 17.7 Å². The number of ether oxygens (including phenoxy) is 1. The number of piperidine rings is 1. The number of amides is 1. The Bertz CT molecular complexity index is 945. The van der Waals surface area contributed by atoms with E-state index in [0.717, 1.165) is 6.42 Å². The van der Waals surface area contributed by atoms with Crippen molar-refractivity contribution in [2.24, 2.45) is 5.92 Å². The molecule has 2 aromatic rings. The van der Waals surface area contributed by atoms with Crippen LogP contribution >= 0.6 is 0 Å². The third kappa shape index (κ3) is 4.94. The molecule has 3 rings (SSSR count). The van der Waals surface area contributed by atoms with Crippen molar-refractivity contribution in [1.82, 2.24) is 0 Å². The topological polar surface area (TPSA) is 95.9 Å². The second-order valence-corrected chi connectivity index (χ2v) is 7.04. The minimum Gasteiger partial charge on any atom is -0.478 e. The van der Waals surface area contributed by atoms with Crippen LogP contribution in [0.4, 0.5) is 15.8 Å². The van der Waals surface area contributed by atoms with Gasteiger partial charge in [0.15, 0.2) is 0 Å². The average molecular weight is 414 g/mol. The number of carbonyl (C=O) groups is 3. The third-order valence-electron chi connectivity index (χ3n) is 4.98. The largest absolute Gasteiger partial charge is 0.478 e. The standard InChI is InChI=1S/C22H23FN2O5/c1-2-30-22(29)16-4-3-11-25(13-16)19-10-7-15(21(27)28)12-18(19)24-20(26)14-5-8-17(23)9-6-14/h5-10,12,16H,2-4,11,13H2,1H3,(H,24,26)(H,27,28). The summed E-state index contributed by atoms with van der Waals surface area (Å²) in [6, 6.07) is 9.52. The lowest BCUT2D eigenvalue weighted by molar-refractivity contribution is -0.148. The number of hydrogen-bond donors (Lipinski definition) is 2. The van der Waals surface area contributed by atoms with Crippen LogP contribution in [-0.4, -0.2) is 42.6 Å². The summed E-state index contributed by atoms with van der Waals surface area (Å²) in [6.45, 7) is 3.13. The molecule has 2 N–H and O–H groups in total. The van der Waals surface area contributed by atoms with Crippen molar-refractivity contribution in [2.75, 3.05) is 29.9 Å². The highest BCUT2D eigenvalue weighted by molar-refractivity contribution is 6.06. The van der Waals surface area contributed by atoms with Crippen molar-refractivity contribution < 1.29 is 28.6 Å². The highest BCUT2D eigenvalue weighted by Gasteiger charge is 2.28. The fourth-order valence-electron chi connectivity index (χ4n) is 3.49. The maximum Gasteiger partial charge on any atom is 0.335 e. The van der Waals surface area contributed by atoms with Crippen molar-refractivity contribution in [3.8, 4) is 0 Å². The van der Waals surface area contributed by atoms with Gasteiger partial charge in [-0.05, 0) is 62.2 Å². The Morgan fingerprint density at radius 2 is 1.87 bits per heavy atom. The number of aromatic carboxylic acids is 1. The van der Waals surface area contributed by atoms with Crippen LogP contribution < -0.4 is 10.2 Å². The third-order valence-corrected chi connectivity index (χ3v) is 4.98. The second kappa shape index (κ2) is 9.39. The van der Waals surface area contributed by atoms with Gasteiger partial charge in [0, 0.05) is 18.7 Å². The summed E-state index contributed by atoms with van der Waals surface area (Å²) in [5.74, 6) is -2.63. The molecule has 1 amide bonds. The van der Waals surface area contributed by atoms with Crippen LogP contribution in [0.2, 0.25) is 0 Å². The van der Waals surface area contributed by atoms with Crippen molar-refractivity contribution >= 4 is 29.2 Å². The normalized spacial score (nSPS) is 16.1. The van der Waals surface area contributed by atoms with Crippen molar-refractivity contribution in [3.63, 3.8) is 0 Å². The summed E-state index contributed by atoms with van der Waals surface area (Å²) in [4.78, 5) is 38.2. The molecule has 1 fully saturated rings. The number of rotatable bonds is 6. The molecule has 0 radical (unpaired) electrons. The van der Waals surface area contributed by atoms with Crippen LogP contribution in [0.15, 0.2) is 42.5 Å². The minimum atomic E-state index is -1.12. The van der Waals surface area contributed by atoms with Crippen molar-refractivity contribution in [2.45, 2.75) is 19.8 Å². The van der Waals surface area contributed by atoms with Crippen LogP contribution in [0.3, 0.4) is 0 Å². The Balaban J connectivity index is 1.88. The predicted octanol–water partition coefficient (Wildman–Crippen LogP) is 3.56. The van der Waals surface area contributed by atoms with Crippen LogP contribution in [0.5, 0.6) is 0 Å². The van der Waals surface area contributed by atoms with Gasteiger partial charge in [0.05, 0.1) is 29.5 Å². The Morgan fingerprint density at radius 1 is 1.17 bits per heavy atom. The number of carboxylic acid groups (broad SMARTS) is 1. The summed E-state index contributed by atoms with van der Waals surface area (Å²) >= 11 is 0. The van der Waals surface area contributed by atoms with Crippen LogP contribution in [0.1, 0.15) is 40.5 Å². The number of carboxylic acids is 1. The lowest BCUT2D eigenvalue weighted by Gasteiger charge is -2.34. The number of esters is 1.